The highest BCUT2D eigenvalue weighted by Crippen LogP contribution is 2.29. The van der Waals surface area contributed by atoms with Crippen molar-refractivity contribution in [2.75, 3.05) is 56.6 Å². The monoisotopic (exact) mass is 395 g/mol. The smallest absolute Gasteiger partial charge is 0.219 e. The van der Waals surface area contributed by atoms with Crippen molar-refractivity contribution in [3.05, 3.63) is 30.0 Å². The van der Waals surface area contributed by atoms with Gasteiger partial charge < -0.3 is 21.1 Å². The van der Waals surface area contributed by atoms with Crippen molar-refractivity contribution in [1.82, 2.24) is 29.2 Å². The molecule has 2 aliphatic rings. The van der Waals surface area contributed by atoms with E-state index in [-0.39, 0.29) is 5.95 Å². The van der Waals surface area contributed by atoms with Gasteiger partial charge in [0.25, 0.3) is 0 Å². The van der Waals surface area contributed by atoms with Gasteiger partial charge in [0.15, 0.2) is 11.5 Å². The summed E-state index contributed by atoms with van der Waals surface area (Å²) in [5, 5.41) is 0. The fourth-order valence-electron chi connectivity index (χ4n) is 4.04. The number of hydrogen-bond donors (Lipinski definition) is 2. The average molecular weight is 395 g/mol. The van der Waals surface area contributed by atoms with E-state index in [1.807, 2.05) is 6.20 Å². The summed E-state index contributed by atoms with van der Waals surface area (Å²) in [5.74, 6) is 1.13. The van der Waals surface area contributed by atoms with Crippen LogP contribution in [0.3, 0.4) is 0 Å². The number of nitrogen functional groups attached to an aromatic ring is 1. The van der Waals surface area contributed by atoms with Gasteiger partial charge in [0.1, 0.15) is 0 Å². The molecule has 0 bridgehead atoms. The van der Waals surface area contributed by atoms with Gasteiger partial charge in [-0.25, -0.2) is 19.9 Å². The Morgan fingerprint density at radius 2 is 1.86 bits per heavy atom. The highest BCUT2D eigenvalue weighted by atomic mass is 16.5. The highest BCUT2D eigenvalue weighted by Gasteiger charge is 2.26. The van der Waals surface area contributed by atoms with Crippen molar-refractivity contribution in [3.8, 4) is 11.3 Å². The van der Waals surface area contributed by atoms with E-state index < -0.39 is 0 Å². The number of hydrogen-bond acceptors (Lipinski definition) is 9. The summed E-state index contributed by atoms with van der Waals surface area (Å²) in [7, 11) is 0. The summed E-state index contributed by atoms with van der Waals surface area (Å²) in [6.07, 6.45) is 6.40. The minimum atomic E-state index is 0.253. The minimum Gasteiger partial charge on any atom is -0.378 e. The van der Waals surface area contributed by atoms with Gasteiger partial charge in [-0.05, 0) is 0 Å². The van der Waals surface area contributed by atoms with Gasteiger partial charge in [0.2, 0.25) is 5.95 Å². The number of nitrogens with two attached hydrogens (primary N) is 2. The molecule has 5 rings (SSSR count). The number of ether oxygens (including phenoxy) is 1. The molecular formula is C19H25N9O. The van der Waals surface area contributed by atoms with Crippen molar-refractivity contribution >= 4 is 17.4 Å². The first-order valence-electron chi connectivity index (χ1n) is 9.97. The van der Waals surface area contributed by atoms with Crippen LogP contribution in [0.4, 0.5) is 11.8 Å². The lowest BCUT2D eigenvalue weighted by molar-refractivity contribution is 0.122. The quantitative estimate of drug-likeness (QED) is 0.624. The third-order valence-electron chi connectivity index (χ3n) is 5.53. The Balaban J connectivity index is 1.64. The molecule has 3 aromatic heterocycles. The molecule has 4 N–H and O–H groups in total. The number of rotatable bonds is 4. The normalized spacial score (nSPS) is 17.6. The van der Waals surface area contributed by atoms with E-state index in [0.717, 1.165) is 67.6 Å². The van der Waals surface area contributed by atoms with Crippen LogP contribution in [0.1, 0.15) is 11.4 Å². The van der Waals surface area contributed by atoms with Crippen LogP contribution < -0.4 is 16.4 Å². The Bertz CT molecular complexity index is 1010. The molecule has 0 spiro atoms. The topological polar surface area (TPSA) is 124 Å². The summed E-state index contributed by atoms with van der Waals surface area (Å²) in [4.78, 5) is 22.8. The van der Waals surface area contributed by atoms with Gasteiger partial charge in [-0.2, -0.15) is 0 Å². The summed E-state index contributed by atoms with van der Waals surface area (Å²) in [6.45, 7) is 6.30. The van der Waals surface area contributed by atoms with Crippen LogP contribution in [0.15, 0.2) is 18.6 Å². The highest BCUT2D eigenvalue weighted by molar-refractivity contribution is 5.71. The third kappa shape index (κ3) is 3.39. The third-order valence-corrected chi connectivity index (χ3v) is 5.53. The Kier molecular flexibility index (Phi) is 4.74. The number of morpholine rings is 1. The van der Waals surface area contributed by atoms with Gasteiger partial charge in [0, 0.05) is 75.5 Å². The number of nitrogens with zero attached hydrogens (tertiary/aromatic N) is 7. The van der Waals surface area contributed by atoms with Gasteiger partial charge in [-0.15, -0.1) is 0 Å². The Morgan fingerprint density at radius 1 is 1.07 bits per heavy atom. The Labute approximate surface area is 168 Å². The molecule has 0 radical (unpaired) electrons. The molecule has 5 heterocycles. The predicted octanol–water partition coefficient (Wildman–Crippen LogP) is -0.0781. The van der Waals surface area contributed by atoms with Crippen LogP contribution in [0.25, 0.3) is 16.9 Å². The van der Waals surface area contributed by atoms with Crippen molar-refractivity contribution in [3.63, 3.8) is 0 Å². The largest absolute Gasteiger partial charge is 0.378 e. The van der Waals surface area contributed by atoms with Gasteiger partial charge in [0.05, 0.1) is 24.6 Å². The number of imidazole rings is 1. The van der Waals surface area contributed by atoms with Gasteiger partial charge in [-0.3, -0.25) is 9.30 Å². The van der Waals surface area contributed by atoms with Crippen LogP contribution in [0.5, 0.6) is 0 Å². The fourth-order valence-corrected chi connectivity index (χ4v) is 4.04. The fraction of sp³-hybridized carbons (Fsp3) is 0.474. The van der Waals surface area contributed by atoms with Crippen LogP contribution >= 0.6 is 0 Å². The molecule has 0 unspecified atom stereocenters. The summed E-state index contributed by atoms with van der Waals surface area (Å²) >= 11 is 0. The molecule has 1 fully saturated rings. The van der Waals surface area contributed by atoms with E-state index in [0.29, 0.717) is 19.8 Å². The first-order valence-corrected chi connectivity index (χ1v) is 9.97. The molecule has 2 aliphatic heterocycles. The van der Waals surface area contributed by atoms with Crippen molar-refractivity contribution < 1.29 is 4.74 Å². The summed E-state index contributed by atoms with van der Waals surface area (Å²) < 4.78 is 7.73. The number of aromatic nitrogens is 5. The van der Waals surface area contributed by atoms with Crippen molar-refractivity contribution in [2.45, 2.75) is 13.0 Å². The van der Waals surface area contributed by atoms with Crippen LogP contribution in [0.2, 0.25) is 0 Å². The standard InChI is InChI=1S/C19H25N9O/c20-2-4-26-3-1-16-15(11-26)25-18-17(27-5-7-29-8-6-27)24-14(12-28(16)18)13-9-22-19(21)23-10-13/h9-10,12H,1-8,11,20H2,(H2,21,22,23). The summed E-state index contributed by atoms with van der Waals surface area (Å²) in [6, 6.07) is 0. The second-order valence-corrected chi connectivity index (χ2v) is 7.39. The zero-order chi connectivity index (χ0) is 19.8. The molecule has 152 valence electrons. The van der Waals surface area contributed by atoms with E-state index in [1.54, 1.807) is 12.4 Å². The van der Waals surface area contributed by atoms with Crippen LogP contribution in [-0.4, -0.2) is 75.2 Å². The van der Waals surface area contributed by atoms with Crippen molar-refractivity contribution in [2.24, 2.45) is 5.73 Å². The van der Waals surface area contributed by atoms with Gasteiger partial charge in [-0.1, -0.05) is 0 Å². The lowest BCUT2D eigenvalue weighted by Gasteiger charge is -2.28. The zero-order valence-electron chi connectivity index (χ0n) is 16.3. The predicted molar refractivity (Wildman–Crippen MR) is 109 cm³/mol. The van der Waals surface area contributed by atoms with E-state index in [2.05, 4.69) is 24.2 Å². The van der Waals surface area contributed by atoms with Gasteiger partial charge >= 0.3 is 0 Å². The molecule has 0 aromatic carbocycles. The minimum absolute atomic E-state index is 0.253. The maximum Gasteiger partial charge on any atom is 0.219 e. The zero-order valence-corrected chi connectivity index (χ0v) is 16.3. The van der Waals surface area contributed by atoms with E-state index in [1.165, 1.54) is 5.69 Å². The second-order valence-electron chi connectivity index (χ2n) is 7.39. The molecule has 0 atom stereocenters. The average Bonchev–Trinajstić information content (AvgIpc) is 3.12. The molecule has 1 saturated heterocycles. The number of fused-ring (bicyclic) bond motifs is 3. The van der Waals surface area contributed by atoms with E-state index in [4.69, 9.17) is 26.2 Å². The van der Waals surface area contributed by atoms with Crippen LogP contribution in [-0.2, 0) is 17.7 Å². The molecule has 0 amide bonds. The van der Waals surface area contributed by atoms with Crippen LogP contribution in [0, 0.1) is 0 Å². The Morgan fingerprint density at radius 3 is 2.62 bits per heavy atom. The number of anilines is 2. The molecular weight excluding hydrogens is 370 g/mol. The summed E-state index contributed by atoms with van der Waals surface area (Å²) in [5.41, 5.74) is 16.3. The Hall–Kier alpha value is -2.82. The first kappa shape index (κ1) is 18.2. The van der Waals surface area contributed by atoms with Crippen molar-refractivity contribution in [1.29, 1.82) is 0 Å². The molecule has 10 nitrogen and oxygen atoms in total. The molecule has 3 aromatic rings. The molecule has 29 heavy (non-hydrogen) atoms. The lowest BCUT2D eigenvalue weighted by atomic mass is 10.1. The van der Waals surface area contributed by atoms with E-state index in [9.17, 15) is 0 Å². The second kappa shape index (κ2) is 7.54. The van der Waals surface area contributed by atoms with E-state index >= 15 is 0 Å². The maximum absolute atomic E-state index is 5.75. The lowest BCUT2D eigenvalue weighted by Crippen LogP contribution is -2.37. The molecule has 0 aliphatic carbocycles. The molecule has 10 heteroatoms. The SMILES string of the molecule is NCCN1CCc2c(nc3c(N4CCOCC4)nc(-c4cnc(N)nc4)cn23)C1. The maximum atomic E-state index is 5.75. The molecule has 0 saturated carbocycles. The first-order chi connectivity index (χ1) is 14.2.